The van der Waals surface area contributed by atoms with Gasteiger partial charge in [0.05, 0.1) is 0 Å². The Morgan fingerprint density at radius 1 is 1.54 bits per heavy atom. The van der Waals surface area contributed by atoms with Gasteiger partial charge in [-0.2, -0.15) is 0 Å². The number of rotatable bonds is 2. The maximum atomic E-state index is 4.32. The van der Waals surface area contributed by atoms with E-state index in [0.29, 0.717) is 0 Å². The molecule has 0 saturated carbocycles. The summed E-state index contributed by atoms with van der Waals surface area (Å²) < 4.78 is 2.06. The van der Waals surface area contributed by atoms with Crippen LogP contribution in [0.25, 0.3) is 11.0 Å². The summed E-state index contributed by atoms with van der Waals surface area (Å²) >= 11 is 0. The zero-order valence-corrected chi connectivity index (χ0v) is 7.91. The number of aromatic nitrogens is 2. The van der Waals surface area contributed by atoms with Crippen molar-refractivity contribution in [3.05, 3.63) is 30.1 Å². The largest absolute Gasteiger partial charge is 0.335 e. The maximum absolute atomic E-state index is 4.32. The molecule has 0 amide bonds. The topological polar surface area (TPSA) is 29.9 Å². The fourth-order valence-corrected chi connectivity index (χ4v) is 1.62. The fourth-order valence-electron chi connectivity index (χ4n) is 1.62. The molecule has 0 spiro atoms. The molecule has 0 aromatic carbocycles. The normalized spacial score (nSPS) is 10.9. The molecule has 2 aromatic heterocycles. The molecule has 0 aliphatic heterocycles. The minimum absolute atomic E-state index is 0.892. The van der Waals surface area contributed by atoms with Crippen LogP contribution in [0, 0.1) is 0 Å². The predicted molar refractivity (Wildman–Crippen MR) is 53.5 cm³/mol. The first-order valence-corrected chi connectivity index (χ1v) is 4.36. The highest BCUT2D eigenvalue weighted by atomic mass is 15.0. The second-order valence-electron chi connectivity index (χ2n) is 3.17. The molecule has 0 radical (unpaired) electrons. The van der Waals surface area contributed by atoms with Crippen LogP contribution in [0.4, 0.5) is 0 Å². The molecular formula is C10H13N3. The van der Waals surface area contributed by atoms with E-state index in [1.807, 2.05) is 26.4 Å². The van der Waals surface area contributed by atoms with Gasteiger partial charge in [0.15, 0.2) is 0 Å². The van der Waals surface area contributed by atoms with Crippen molar-refractivity contribution >= 4 is 11.0 Å². The fraction of sp³-hybridized carbons (Fsp3) is 0.300. The van der Waals surface area contributed by atoms with Crippen molar-refractivity contribution in [1.82, 2.24) is 14.9 Å². The summed E-state index contributed by atoms with van der Waals surface area (Å²) in [6.45, 7) is 0.892. The molecule has 3 nitrogen and oxygen atoms in total. The van der Waals surface area contributed by atoms with Gasteiger partial charge in [-0.15, -0.1) is 0 Å². The quantitative estimate of drug-likeness (QED) is 0.745. The minimum Gasteiger partial charge on any atom is -0.335 e. The van der Waals surface area contributed by atoms with Crippen LogP contribution in [-0.4, -0.2) is 16.6 Å². The van der Waals surface area contributed by atoms with Gasteiger partial charge in [-0.1, -0.05) is 0 Å². The van der Waals surface area contributed by atoms with E-state index in [2.05, 4.69) is 27.1 Å². The van der Waals surface area contributed by atoms with Crippen molar-refractivity contribution in [2.24, 2.45) is 7.05 Å². The van der Waals surface area contributed by atoms with E-state index < -0.39 is 0 Å². The number of hydrogen-bond acceptors (Lipinski definition) is 2. The van der Waals surface area contributed by atoms with Crippen molar-refractivity contribution in [2.45, 2.75) is 6.54 Å². The van der Waals surface area contributed by atoms with E-state index >= 15 is 0 Å². The molecule has 1 N–H and O–H groups in total. The lowest BCUT2D eigenvalue weighted by molar-refractivity contribution is 0.815. The van der Waals surface area contributed by atoms with Crippen molar-refractivity contribution in [1.29, 1.82) is 0 Å². The van der Waals surface area contributed by atoms with E-state index in [1.165, 1.54) is 10.9 Å². The van der Waals surface area contributed by atoms with E-state index in [9.17, 15) is 0 Å². The first-order chi connectivity index (χ1) is 6.33. The highest BCUT2D eigenvalue weighted by Crippen LogP contribution is 2.17. The lowest BCUT2D eigenvalue weighted by Crippen LogP contribution is -2.04. The Morgan fingerprint density at radius 2 is 2.38 bits per heavy atom. The van der Waals surface area contributed by atoms with Crippen molar-refractivity contribution in [3.63, 3.8) is 0 Å². The van der Waals surface area contributed by atoms with Crippen LogP contribution in [0.15, 0.2) is 24.5 Å². The summed E-state index contributed by atoms with van der Waals surface area (Å²) in [7, 11) is 3.98. The average molecular weight is 175 g/mol. The zero-order chi connectivity index (χ0) is 9.26. The summed E-state index contributed by atoms with van der Waals surface area (Å²) in [4.78, 5) is 4.32. The molecule has 13 heavy (non-hydrogen) atoms. The second kappa shape index (κ2) is 3.18. The lowest BCUT2D eigenvalue weighted by atomic mass is 10.2. The summed E-state index contributed by atoms with van der Waals surface area (Å²) in [5, 5.41) is 4.38. The Bertz CT molecular complexity index is 417. The first kappa shape index (κ1) is 8.26. The SMILES string of the molecule is CNCc1cn(C)c2ncccc12. The van der Waals surface area contributed by atoms with Gasteiger partial charge in [-0.3, -0.25) is 0 Å². The zero-order valence-electron chi connectivity index (χ0n) is 7.91. The van der Waals surface area contributed by atoms with Crippen LogP contribution in [0.2, 0.25) is 0 Å². The Morgan fingerprint density at radius 3 is 3.15 bits per heavy atom. The average Bonchev–Trinajstić information content (AvgIpc) is 2.46. The molecule has 2 rings (SSSR count). The Labute approximate surface area is 77.4 Å². The number of nitrogens with one attached hydrogen (secondary N) is 1. The Hall–Kier alpha value is -1.35. The predicted octanol–water partition coefficient (Wildman–Crippen LogP) is 1.29. The van der Waals surface area contributed by atoms with Crippen molar-refractivity contribution in [3.8, 4) is 0 Å². The van der Waals surface area contributed by atoms with Crippen LogP contribution in [-0.2, 0) is 13.6 Å². The summed E-state index contributed by atoms with van der Waals surface area (Å²) in [5.41, 5.74) is 2.35. The first-order valence-electron chi connectivity index (χ1n) is 4.36. The van der Waals surface area contributed by atoms with Gasteiger partial charge in [0.2, 0.25) is 0 Å². The molecule has 0 bridgehead atoms. The van der Waals surface area contributed by atoms with Gasteiger partial charge < -0.3 is 9.88 Å². The standard InChI is InChI=1S/C10H13N3/c1-11-6-8-7-13(2)10-9(8)4-3-5-12-10/h3-5,7,11H,6H2,1-2H3. The van der Waals surface area contributed by atoms with Gasteiger partial charge in [-0.25, -0.2) is 4.98 Å². The third kappa shape index (κ3) is 1.31. The molecule has 3 heteroatoms. The lowest BCUT2D eigenvalue weighted by Gasteiger charge is -1.95. The number of fused-ring (bicyclic) bond motifs is 1. The van der Waals surface area contributed by atoms with Gasteiger partial charge >= 0.3 is 0 Å². The molecule has 0 atom stereocenters. The van der Waals surface area contributed by atoms with Gasteiger partial charge in [0, 0.05) is 31.4 Å². The van der Waals surface area contributed by atoms with Crippen LogP contribution in [0.5, 0.6) is 0 Å². The Balaban J connectivity index is 2.63. The van der Waals surface area contributed by atoms with Crippen molar-refractivity contribution < 1.29 is 0 Å². The van der Waals surface area contributed by atoms with Crippen LogP contribution in [0.1, 0.15) is 5.56 Å². The van der Waals surface area contributed by atoms with Gasteiger partial charge in [0.1, 0.15) is 5.65 Å². The summed E-state index contributed by atoms with van der Waals surface area (Å²) in [6.07, 6.45) is 3.94. The third-order valence-corrected chi connectivity index (χ3v) is 2.18. The molecule has 0 fully saturated rings. The number of hydrogen-bond donors (Lipinski definition) is 1. The van der Waals surface area contributed by atoms with E-state index in [0.717, 1.165) is 12.2 Å². The number of aryl methyl sites for hydroxylation is 1. The number of nitrogens with zero attached hydrogens (tertiary/aromatic N) is 2. The molecular weight excluding hydrogens is 162 g/mol. The third-order valence-electron chi connectivity index (χ3n) is 2.18. The molecule has 2 aromatic rings. The van der Waals surface area contributed by atoms with Crippen LogP contribution >= 0.6 is 0 Å². The van der Waals surface area contributed by atoms with E-state index in [4.69, 9.17) is 0 Å². The van der Waals surface area contributed by atoms with Gasteiger partial charge in [0.25, 0.3) is 0 Å². The van der Waals surface area contributed by atoms with Crippen molar-refractivity contribution in [2.75, 3.05) is 7.05 Å². The van der Waals surface area contributed by atoms with Crippen LogP contribution in [0.3, 0.4) is 0 Å². The smallest absolute Gasteiger partial charge is 0.139 e. The van der Waals surface area contributed by atoms with Crippen LogP contribution < -0.4 is 5.32 Å². The summed E-state index contributed by atoms with van der Waals surface area (Å²) in [5.74, 6) is 0. The van der Waals surface area contributed by atoms with Gasteiger partial charge in [-0.05, 0) is 24.7 Å². The Kier molecular flexibility index (Phi) is 2.02. The van der Waals surface area contributed by atoms with E-state index in [1.54, 1.807) is 0 Å². The molecule has 2 heterocycles. The molecule has 68 valence electrons. The highest BCUT2D eigenvalue weighted by Gasteiger charge is 2.04. The van der Waals surface area contributed by atoms with E-state index in [-0.39, 0.29) is 0 Å². The molecule has 0 unspecified atom stereocenters. The molecule has 0 aliphatic carbocycles. The highest BCUT2D eigenvalue weighted by molar-refractivity contribution is 5.80. The monoisotopic (exact) mass is 175 g/mol. The molecule has 0 aliphatic rings. The second-order valence-corrected chi connectivity index (χ2v) is 3.17. The minimum atomic E-state index is 0.892. The summed E-state index contributed by atoms with van der Waals surface area (Å²) in [6, 6.07) is 4.08. The molecule has 0 saturated heterocycles. The maximum Gasteiger partial charge on any atom is 0.139 e. The number of pyridine rings is 1.